The first-order valence-corrected chi connectivity index (χ1v) is 6.04. The van der Waals surface area contributed by atoms with Gasteiger partial charge in [0.2, 0.25) is 0 Å². The zero-order valence-electron chi connectivity index (χ0n) is 8.78. The Morgan fingerprint density at radius 2 is 1.93 bits per heavy atom. The van der Waals surface area contributed by atoms with E-state index in [1.807, 2.05) is 20.9 Å². The predicted molar refractivity (Wildman–Crippen MR) is 68.2 cm³/mol. The minimum Gasteiger partial charge on any atom is -0.326 e. The average Bonchev–Trinajstić information content (AvgIpc) is 2.44. The van der Waals surface area contributed by atoms with E-state index in [1.165, 1.54) is 10.6 Å². The van der Waals surface area contributed by atoms with E-state index in [-0.39, 0.29) is 0 Å². The first kappa shape index (κ1) is 11.4. The van der Waals surface area contributed by atoms with Crippen molar-refractivity contribution in [3.8, 4) is 0 Å². The molecule has 1 aliphatic rings. The lowest BCUT2D eigenvalue weighted by Crippen LogP contribution is -1.90. The summed E-state index contributed by atoms with van der Waals surface area (Å²) in [6, 6.07) is 0. The highest BCUT2D eigenvalue weighted by Crippen LogP contribution is 2.23. The Bertz CT molecular complexity index is 407. The van der Waals surface area contributed by atoms with Crippen molar-refractivity contribution in [3.05, 3.63) is 26.7 Å². The van der Waals surface area contributed by atoms with Crippen LogP contribution in [0.4, 0.5) is 0 Å². The summed E-state index contributed by atoms with van der Waals surface area (Å²) in [5.41, 5.74) is 1.23. The van der Waals surface area contributed by atoms with Gasteiger partial charge in [0.15, 0.2) is 3.95 Å². The summed E-state index contributed by atoms with van der Waals surface area (Å²) in [4.78, 5) is 1.27. The Hall–Kier alpha value is -0.670. The van der Waals surface area contributed by atoms with Gasteiger partial charge in [0.05, 0.1) is 10.6 Å². The number of aromatic nitrogens is 1. The highest BCUT2D eigenvalue weighted by Gasteiger charge is 2.05. The van der Waals surface area contributed by atoms with Crippen LogP contribution >= 0.6 is 23.6 Å². The van der Waals surface area contributed by atoms with Gasteiger partial charge in [-0.15, -0.1) is 11.3 Å². The normalized spacial score (nSPS) is 12.8. The molecule has 1 aliphatic carbocycles. The lowest BCUT2D eigenvalue weighted by Gasteiger charge is -1.94. The second kappa shape index (κ2) is 5.27. The van der Waals surface area contributed by atoms with Crippen molar-refractivity contribution in [2.24, 2.45) is 7.05 Å². The summed E-state index contributed by atoms with van der Waals surface area (Å²) >= 11 is 6.85. The van der Waals surface area contributed by atoms with Crippen LogP contribution < -0.4 is 0 Å². The first-order chi connectivity index (χ1) is 6.79. The van der Waals surface area contributed by atoms with E-state index in [0.717, 1.165) is 10.4 Å². The maximum atomic E-state index is 5.18. The summed E-state index contributed by atoms with van der Waals surface area (Å²) in [5, 5.41) is 0. The molecule has 0 N–H and O–H groups in total. The molecule has 0 unspecified atom stereocenters. The van der Waals surface area contributed by atoms with Crippen molar-refractivity contribution in [2.75, 3.05) is 0 Å². The zero-order chi connectivity index (χ0) is 10.6. The van der Waals surface area contributed by atoms with Crippen LogP contribution in [0.1, 0.15) is 30.8 Å². The van der Waals surface area contributed by atoms with Gasteiger partial charge in [0.25, 0.3) is 0 Å². The molecule has 1 heterocycles. The molecule has 0 radical (unpaired) electrons. The molecule has 76 valence electrons. The van der Waals surface area contributed by atoms with E-state index in [4.69, 9.17) is 12.2 Å². The lowest BCUT2D eigenvalue weighted by molar-refractivity contribution is 0.905. The smallest absolute Gasteiger partial charge is 0.161 e. The van der Waals surface area contributed by atoms with Crippen molar-refractivity contribution in [1.82, 2.24) is 4.57 Å². The Kier molecular flexibility index (Phi) is 4.29. The molecule has 1 aromatic rings. The quantitative estimate of drug-likeness (QED) is 0.597. The summed E-state index contributed by atoms with van der Waals surface area (Å²) in [6.45, 7) is 4.00. The Morgan fingerprint density at radius 1 is 1.29 bits per heavy atom. The largest absolute Gasteiger partial charge is 0.326 e. The maximum Gasteiger partial charge on any atom is 0.161 e. The molecule has 0 saturated carbocycles. The van der Waals surface area contributed by atoms with Crippen LogP contribution in [0, 0.1) is 3.95 Å². The summed E-state index contributed by atoms with van der Waals surface area (Å²) < 4.78 is 3.00. The predicted octanol–water partition coefficient (Wildman–Crippen LogP) is 4.27. The Morgan fingerprint density at radius 3 is 2.64 bits per heavy atom. The van der Waals surface area contributed by atoms with Gasteiger partial charge >= 0.3 is 0 Å². The molecule has 0 saturated heterocycles. The molecule has 2 rings (SSSR count). The molecule has 0 spiro atoms. The standard InChI is InChI=1S/C9H9NS2.C2H6/c1-10-7-5-3-2-4-6-8(7)12-9(10)11;1-2/h3-6H,2H2,1H3;1-2H3. The molecule has 3 heteroatoms. The number of hydrogen-bond donors (Lipinski definition) is 0. The average molecular weight is 225 g/mol. The summed E-state index contributed by atoms with van der Waals surface area (Å²) in [5.74, 6) is 0. The van der Waals surface area contributed by atoms with Gasteiger partial charge < -0.3 is 4.57 Å². The number of nitrogens with zero attached hydrogens (tertiary/aromatic N) is 1. The fourth-order valence-electron chi connectivity index (χ4n) is 1.23. The van der Waals surface area contributed by atoms with Crippen LogP contribution in [0.25, 0.3) is 12.2 Å². The minimum atomic E-state index is 0.941. The molecule has 0 aliphatic heterocycles. The van der Waals surface area contributed by atoms with E-state index in [1.54, 1.807) is 11.3 Å². The molecular formula is C11H15NS2. The van der Waals surface area contributed by atoms with Crippen molar-refractivity contribution in [2.45, 2.75) is 20.3 Å². The molecule has 1 aromatic heterocycles. The lowest BCUT2D eigenvalue weighted by atomic mass is 10.3. The van der Waals surface area contributed by atoms with E-state index < -0.39 is 0 Å². The van der Waals surface area contributed by atoms with Crippen LogP contribution in [0.3, 0.4) is 0 Å². The molecule has 14 heavy (non-hydrogen) atoms. The number of thiazole rings is 1. The fraction of sp³-hybridized carbons (Fsp3) is 0.364. The van der Waals surface area contributed by atoms with E-state index in [0.29, 0.717) is 0 Å². The molecule has 0 atom stereocenters. The molecule has 0 fully saturated rings. The molecular weight excluding hydrogens is 210 g/mol. The summed E-state index contributed by atoms with van der Waals surface area (Å²) in [7, 11) is 2.02. The molecule has 0 amide bonds. The van der Waals surface area contributed by atoms with Crippen molar-refractivity contribution >= 4 is 35.7 Å². The third kappa shape index (κ3) is 2.22. The van der Waals surface area contributed by atoms with Gasteiger partial charge in [-0.2, -0.15) is 0 Å². The third-order valence-electron chi connectivity index (χ3n) is 1.90. The number of rotatable bonds is 0. The highest BCUT2D eigenvalue weighted by atomic mass is 32.1. The van der Waals surface area contributed by atoms with Crippen molar-refractivity contribution in [1.29, 1.82) is 0 Å². The van der Waals surface area contributed by atoms with Crippen LogP contribution in [-0.4, -0.2) is 4.57 Å². The van der Waals surface area contributed by atoms with E-state index in [9.17, 15) is 0 Å². The number of hydrogen-bond acceptors (Lipinski definition) is 2. The van der Waals surface area contributed by atoms with Gasteiger partial charge in [-0.3, -0.25) is 0 Å². The second-order valence-corrected chi connectivity index (χ2v) is 4.39. The van der Waals surface area contributed by atoms with Gasteiger partial charge in [-0.25, -0.2) is 0 Å². The highest BCUT2D eigenvalue weighted by molar-refractivity contribution is 7.73. The van der Waals surface area contributed by atoms with E-state index in [2.05, 4.69) is 28.9 Å². The van der Waals surface area contributed by atoms with Gasteiger partial charge in [-0.1, -0.05) is 26.0 Å². The number of allylic oxidation sites excluding steroid dienone is 2. The SMILES string of the molecule is CC.Cn1c2c(sc1=S)C=CCC=C2. The van der Waals surface area contributed by atoms with Crippen molar-refractivity contribution < 1.29 is 0 Å². The van der Waals surface area contributed by atoms with Crippen LogP contribution in [0.15, 0.2) is 12.2 Å². The topological polar surface area (TPSA) is 4.93 Å². The molecule has 0 bridgehead atoms. The van der Waals surface area contributed by atoms with Crippen LogP contribution in [0.2, 0.25) is 0 Å². The van der Waals surface area contributed by atoms with Gasteiger partial charge in [0.1, 0.15) is 0 Å². The Balaban J connectivity index is 0.000000461. The number of fused-ring (bicyclic) bond motifs is 1. The van der Waals surface area contributed by atoms with Gasteiger partial charge in [0, 0.05) is 7.05 Å². The molecule has 0 aromatic carbocycles. The van der Waals surface area contributed by atoms with Crippen molar-refractivity contribution in [3.63, 3.8) is 0 Å². The zero-order valence-corrected chi connectivity index (χ0v) is 10.4. The molecule has 1 nitrogen and oxygen atoms in total. The monoisotopic (exact) mass is 225 g/mol. The van der Waals surface area contributed by atoms with E-state index >= 15 is 0 Å². The Labute approximate surface area is 94.4 Å². The third-order valence-corrected chi connectivity index (χ3v) is 3.44. The van der Waals surface area contributed by atoms with Crippen LogP contribution in [-0.2, 0) is 7.05 Å². The maximum absolute atomic E-state index is 5.18. The summed E-state index contributed by atoms with van der Waals surface area (Å²) in [6.07, 6.45) is 9.63. The van der Waals surface area contributed by atoms with Gasteiger partial charge in [-0.05, 0) is 30.8 Å². The second-order valence-electron chi connectivity index (χ2n) is 2.72. The fourth-order valence-corrected chi connectivity index (χ4v) is 2.49. The minimum absolute atomic E-state index is 0.941. The van der Waals surface area contributed by atoms with Crippen LogP contribution in [0.5, 0.6) is 0 Å². The first-order valence-electron chi connectivity index (χ1n) is 4.82.